The molecule has 0 aliphatic rings. The normalized spacial score (nSPS) is 12.2. The van der Waals surface area contributed by atoms with Crippen LogP contribution in [0.1, 0.15) is 79.1 Å². The van der Waals surface area contributed by atoms with Crippen LogP contribution in [-0.4, -0.2) is 24.6 Å². The third kappa shape index (κ3) is 11.3. The van der Waals surface area contributed by atoms with Gasteiger partial charge in [-0.05, 0) is 18.8 Å². The number of unbranched alkanes of at least 4 members (excludes halogenated alkanes) is 5. The maximum atomic E-state index is 11.6. The van der Waals surface area contributed by atoms with Crippen molar-refractivity contribution in [2.24, 2.45) is 5.92 Å². The van der Waals surface area contributed by atoms with Gasteiger partial charge in [0, 0.05) is 0 Å². The molecule has 0 aromatic heterocycles. The van der Waals surface area contributed by atoms with Crippen molar-refractivity contribution < 1.29 is 19.1 Å². The first-order valence-corrected chi connectivity index (χ1v) is 8.36. The van der Waals surface area contributed by atoms with Crippen LogP contribution in [0.5, 0.6) is 0 Å². The van der Waals surface area contributed by atoms with Gasteiger partial charge in [0.2, 0.25) is 0 Å². The Morgan fingerprint density at radius 1 is 0.905 bits per heavy atom. The summed E-state index contributed by atoms with van der Waals surface area (Å²) in [5, 5.41) is 0. The van der Waals surface area contributed by atoms with Crippen molar-refractivity contribution in [3.05, 3.63) is 0 Å². The molecule has 0 saturated carbocycles. The Bertz CT molecular complexity index is 287. The Morgan fingerprint density at radius 2 is 1.52 bits per heavy atom. The van der Waals surface area contributed by atoms with Crippen LogP contribution in [0.3, 0.4) is 0 Å². The predicted octanol–water partition coefficient (Wildman–Crippen LogP) is 4.26. The molecule has 0 fully saturated rings. The molecule has 0 bridgehead atoms. The van der Waals surface area contributed by atoms with E-state index in [0.717, 1.165) is 19.3 Å². The van der Waals surface area contributed by atoms with Crippen LogP contribution < -0.4 is 0 Å². The van der Waals surface area contributed by atoms with Crippen molar-refractivity contribution in [3.63, 3.8) is 0 Å². The Balaban J connectivity index is 3.67. The molecule has 124 valence electrons. The Kier molecular flexibility index (Phi) is 12.0. The first kappa shape index (κ1) is 19.9. The third-order valence-electron chi connectivity index (χ3n) is 3.48. The summed E-state index contributed by atoms with van der Waals surface area (Å²) in [6.07, 6.45) is 7.21. The van der Waals surface area contributed by atoms with Gasteiger partial charge >= 0.3 is 11.9 Å². The highest BCUT2D eigenvalue weighted by Crippen LogP contribution is 2.11. The number of carbonyl (C=O) groups is 2. The second-order valence-corrected chi connectivity index (χ2v) is 5.85. The van der Waals surface area contributed by atoms with Gasteiger partial charge in [-0.15, -0.1) is 0 Å². The van der Waals surface area contributed by atoms with Crippen molar-refractivity contribution in [1.82, 2.24) is 0 Å². The zero-order valence-corrected chi connectivity index (χ0v) is 14.2. The van der Waals surface area contributed by atoms with Gasteiger partial charge in [0.1, 0.15) is 12.5 Å². The number of hydrogen-bond donors (Lipinski definition) is 0. The van der Waals surface area contributed by atoms with E-state index in [-0.39, 0.29) is 18.4 Å². The SMILES string of the molecule is CCCCCCCCOC(=O)CC(=O)OC(CC)C(C)C. The van der Waals surface area contributed by atoms with E-state index in [0.29, 0.717) is 6.61 Å². The molecular weight excluding hydrogens is 268 g/mol. The van der Waals surface area contributed by atoms with Crippen LogP contribution in [0, 0.1) is 5.92 Å². The average Bonchev–Trinajstić information content (AvgIpc) is 2.43. The topological polar surface area (TPSA) is 52.6 Å². The van der Waals surface area contributed by atoms with E-state index < -0.39 is 11.9 Å². The monoisotopic (exact) mass is 300 g/mol. The molecule has 0 rings (SSSR count). The standard InChI is InChI=1S/C17H32O4/c1-5-7-8-9-10-11-12-20-16(18)13-17(19)21-15(6-2)14(3)4/h14-15H,5-13H2,1-4H3. The van der Waals surface area contributed by atoms with E-state index in [1.807, 2.05) is 20.8 Å². The van der Waals surface area contributed by atoms with Gasteiger partial charge in [-0.1, -0.05) is 59.8 Å². The van der Waals surface area contributed by atoms with Gasteiger partial charge in [-0.2, -0.15) is 0 Å². The van der Waals surface area contributed by atoms with Crippen molar-refractivity contribution in [1.29, 1.82) is 0 Å². The van der Waals surface area contributed by atoms with Gasteiger partial charge in [0.25, 0.3) is 0 Å². The van der Waals surface area contributed by atoms with E-state index in [1.54, 1.807) is 0 Å². The minimum Gasteiger partial charge on any atom is -0.465 e. The van der Waals surface area contributed by atoms with Crippen LogP contribution >= 0.6 is 0 Å². The van der Waals surface area contributed by atoms with E-state index in [4.69, 9.17) is 9.47 Å². The van der Waals surface area contributed by atoms with Crippen molar-refractivity contribution in [3.8, 4) is 0 Å². The molecule has 0 spiro atoms. The zero-order chi connectivity index (χ0) is 16.1. The molecule has 0 aliphatic heterocycles. The lowest BCUT2D eigenvalue weighted by Crippen LogP contribution is -2.24. The van der Waals surface area contributed by atoms with Crippen molar-refractivity contribution in [2.45, 2.75) is 85.2 Å². The summed E-state index contributed by atoms with van der Waals surface area (Å²) in [4.78, 5) is 23.1. The highest BCUT2D eigenvalue weighted by atomic mass is 16.6. The zero-order valence-electron chi connectivity index (χ0n) is 14.2. The fourth-order valence-corrected chi connectivity index (χ4v) is 2.14. The summed E-state index contributed by atoms with van der Waals surface area (Å²) in [6, 6.07) is 0. The fourth-order valence-electron chi connectivity index (χ4n) is 2.14. The van der Waals surface area contributed by atoms with E-state index in [9.17, 15) is 9.59 Å². The number of rotatable bonds is 12. The molecule has 0 amide bonds. The van der Waals surface area contributed by atoms with Crippen LogP contribution in [0.2, 0.25) is 0 Å². The van der Waals surface area contributed by atoms with Crippen molar-refractivity contribution >= 4 is 11.9 Å². The lowest BCUT2D eigenvalue weighted by molar-refractivity contribution is -0.159. The van der Waals surface area contributed by atoms with Crippen molar-refractivity contribution in [2.75, 3.05) is 6.61 Å². The molecule has 0 aromatic rings. The fraction of sp³-hybridized carbons (Fsp3) is 0.882. The average molecular weight is 300 g/mol. The molecule has 4 nitrogen and oxygen atoms in total. The van der Waals surface area contributed by atoms with Crippen LogP contribution in [0.4, 0.5) is 0 Å². The van der Waals surface area contributed by atoms with Gasteiger partial charge < -0.3 is 9.47 Å². The number of hydrogen-bond acceptors (Lipinski definition) is 4. The smallest absolute Gasteiger partial charge is 0.317 e. The largest absolute Gasteiger partial charge is 0.465 e. The molecule has 0 saturated heterocycles. The minimum absolute atomic E-state index is 0.121. The predicted molar refractivity (Wildman–Crippen MR) is 84.0 cm³/mol. The van der Waals surface area contributed by atoms with Gasteiger partial charge in [0.05, 0.1) is 6.61 Å². The van der Waals surface area contributed by atoms with Crippen LogP contribution in [0.25, 0.3) is 0 Å². The molecule has 1 atom stereocenters. The molecule has 0 aliphatic carbocycles. The second-order valence-electron chi connectivity index (χ2n) is 5.85. The third-order valence-corrected chi connectivity index (χ3v) is 3.48. The number of esters is 2. The molecule has 1 unspecified atom stereocenters. The van der Waals surface area contributed by atoms with E-state index >= 15 is 0 Å². The maximum absolute atomic E-state index is 11.6. The maximum Gasteiger partial charge on any atom is 0.317 e. The molecule has 21 heavy (non-hydrogen) atoms. The van der Waals surface area contributed by atoms with E-state index in [1.165, 1.54) is 25.7 Å². The molecular formula is C17H32O4. The first-order chi connectivity index (χ1) is 10.0. The molecule has 0 heterocycles. The van der Waals surface area contributed by atoms with Crippen LogP contribution in [-0.2, 0) is 19.1 Å². The summed E-state index contributed by atoms with van der Waals surface area (Å²) in [5.74, 6) is -0.700. The summed E-state index contributed by atoms with van der Waals surface area (Å²) in [6.45, 7) is 8.55. The highest BCUT2D eigenvalue weighted by molar-refractivity contribution is 5.91. The Hall–Kier alpha value is -1.06. The van der Waals surface area contributed by atoms with Gasteiger partial charge in [-0.3, -0.25) is 9.59 Å². The summed E-state index contributed by atoms with van der Waals surface area (Å²) >= 11 is 0. The number of ether oxygens (including phenoxy) is 2. The molecule has 0 radical (unpaired) electrons. The van der Waals surface area contributed by atoms with Gasteiger partial charge in [-0.25, -0.2) is 0 Å². The van der Waals surface area contributed by atoms with Gasteiger partial charge in [0.15, 0.2) is 0 Å². The summed E-state index contributed by atoms with van der Waals surface area (Å²) in [5.41, 5.74) is 0. The number of carbonyl (C=O) groups excluding carboxylic acids is 2. The Labute approximate surface area is 129 Å². The van der Waals surface area contributed by atoms with Crippen LogP contribution in [0.15, 0.2) is 0 Å². The second kappa shape index (κ2) is 12.7. The lowest BCUT2D eigenvalue weighted by atomic mass is 10.1. The molecule has 0 N–H and O–H groups in total. The highest BCUT2D eigenvalue weighted by Gasteiger charge is 2.19. The molecule has 0 aromatic carbocycles. The van der Waals surface area contributed by atoms with E-state index in [2.05, 4.69) is 6.92 Å². The Morgan fingerprint density at radius 3 is 2.10 bits per heavy atom. The summed E-state index contributed by atoms with van der Waals surface area (Å²) in [7, 11) is 0. The lowest BCUT2D eigenvalue weighted by Gasteiger charge is -2.19. The summed E-state index contributed by atoms with van der Waals surface area (Å²) < 4.78 is 10.3. The minimum atomic E-state index is -0.483. The molecule has 4 heteroatoms. The quantitative estimate of drug-likeness (QED) is 0.307. The first-order valence-electron chi connectivity index (χ1n) is 8.36.